The van der Waals surface area contributed by atoms with Crippen LogP contribution < -0.4 is 17.0 Å². The van der Waals surface area contributed by atoms with Gasteiger partial charge in [0.2, 0.25) is 0 Å². The van der Waals surface area contributed by atoms with Crippen LogP contribution in [0.3, 0.4) is 0 Å². The second-order valence-electron chi connectivity index (χ2n) is 10.0. The molecule has 4 aromatic heterocycles. The summed E-state index contributed by atoms with van der Waals surface area (Å²) in [6.07, 6.45) is -6.42. The Morgan fingerprint density at radius 3 is 2.67 bits per heavy atom. The van der Waals surface area contributed by atoms with E-state index >= 15 is 8.78 Å². The van der Waals surface area contributed by atoms with Gasteiger partial charge in [0.1, 0.15) is 47.6 Å². The van der Waals surface area contributed by atoms with Crippen LogP contribution in [0.2, 0.25) is 0 Å². The van der Waals surface area contributed by atoms with Crippen LogP contribution in [0.1, 0.15) is 18.9 Å². The number of nitrogen functional groups attached to an aromatic ring is 2. The van der Waals surface area contributed by atoms with Crippen molar-refractivity contribution in [1.29, 1.82) is 0 Å². The van der Waals surface area contributed by atoms with Crippen LogP contribution in [0.15, 0.2) is 35.8 Å². The number of nitrogens with one attached hydrogen (secondary N) is 1. The summed E-state index contributed by atoms with van der Waals surface area (Å²) in [5.41, 5.74) is 10.1. The summed E-state index contributed by atoms with van der Waals surface area (Å²) in [7, 11) is 0. The number of anilines is 2. The third-order valence-corrected chi connectivity index (χ3v) is 10.4. The fourth-order valence-electron chi connectivity index (χ4n) is 5.44. The maximum absolute atomic E-state index is 15.5. The van der Waals surface area contributed by atoms with Crippen LogP contribution in [-0.4, -0.2) is 93.7 Å². The molecule has 0 bridgehead atoms. The minimum Gasteiger partial charge on any atom is -0.394 e. The molecule has 15 nitrogen and oxygen atoms in total. The normalized spacial score (nSPS) is 31.3. The fraction of sp³-hybridized carbons (Fsp3) is 0.478. The molecule has 8 N–H and O–H groups in total. The zero-order valence-electron chi connectivity index (χ0n) is 21.6. The lowest BCUT2D eigenvalue weighted by Crippen LogP contribution is -2.31. The topological polar surface area (TPSA) is 222 Å². The molecule has 2 fully saturated rings. The van der Waals surface area contributed by atoms with Crippen molar-refractivity contribution < 1.29 is 37.9 Å². The average molecular weight is 629 g/mol. The van der Waals surface area contributed by atoms with E-state index in [4.69, 9.17) is 37.3 Å². The Kier molecular flexibility index (Phi) is 7.51. The highest BCUT2D eigenvalue weighted by atomic mass is 32.5. The number of nitrogens with zero attached hydrogens (tertiary/aromatic N) is 5. The van der Waals surface area contributed by atoms with Crippen LogP contribution in [0, 0.1) is 0 Å². The summed E-state index contributed by atoms with van der Waals surface area (Å²) in [5, 5.41) is 20.7. The monoisotopic (exact) mass is 628 g/mol. The number of halogens is 2. The Bertz CT molecular complexity index is 1740. The molecule has 2 saturated heterocycles. The van der Waals surface area contributed by atoms with Gasteiger partial charge < -0.3 is 54.7 Å². The lowest BCUT2D eigenvalue weighted by Gasteiger charge is -2.28. The molecule has 0 spiro atoms. The minimum atomic E-state index is -4.05. The largest absolute Gasteiger partial charge is 0.394 e. The van der Waals surface area contributed by atoms with Crippen molar-refractivity contribution in [3.63, 3.8) is 0 Å². The zero-order valence-corrected chi connectivity index (χ0v) is 23.3. The number of rotatable bonds is 8. The number of imidazole rings is 1. The van der Waals surface area contributed by atoms with E-state index in [1.165, 1.54) is 34.1 Å². The molecule has 42 heavy (non-hydrogen) atoms. The molecule has 0 aliphatic carbocycles. The molecule has 4 aromatic rings. The van der Waals surface area contributed by atoms with Crippen LogP contribution in [-0.2, 0) is 25.8 Å². The summed E-state index contributed by atoms with van der Waals surface area (Å²) in [6.45, 7) is -5.09. The Balaban J connectivity index is 1.19. The number of H-pyrrole nitrogens is 1. The molecule has 1 unspecified atom stereocenters. The summed E-state index contributed by atoms with van der Waals surface area (Å²) in [6, 6.07) is 2.99. The van der Waals surface area contributed by atoms with Crippen molar-refractivity contribution >= 4 is 52.0 Å². The molecule has 19 heteroatoms. The molecule has 2 aliphatic heterocycles. The molecule has 0 saturated carbocycles. The fourth-order valence-corrected chi connectivity index (χ4v) is 7.95. The number of pyridine rings is 1. The third-order valence-electron chi connectivity index (χ3n) is 7.50. The smallest absolute Gasteiger partial charge is 0.277 e. The Hall–Kier alpha value is -3.09. The quantitative estimate of drug-likeness (QED) is 0.144. The highest BCUT2D eigenvalue weighted by molar-refractivity contribution is 8.09. The van der Waals surface area contributed by atoms with Gasteiger partial charge in [0, 0.05) is 18.7 Å². The number of aromatic amines is 1. The molecular formula is C23H27F2N8O7PS. The van der Waals surface area contributed by atoms with E-state index in [-0.39, 0.29) is 35.7 Å². The van der Waals surface area contributed by atoms with Crippen molar-refractivity contribution in [2.24, 2.45) is 0 Å². The third kappa shape index (κ3) is 4.77. The first-order valence-corrected chi connectivity index (χ1v) is 15.5. The summed E-state index contributed by atoms with van der Waals surface area (Å²) < 4.78 is 50.5. The minimum absolute atomic E-state index is 0.00566. The van der Waals surface area contributed by atoms with Gasteiger partial charge in [-0.2, -0.15) is 0 Å². The zero-order chi connectivity index (χ0) is 29.9. The van der Waals surface area contributed by atoms with Gasteiger partial charge in [-0.15, -0.1) is 0 Å². The lowest BCUT2D eigenvalue weighted by molar-refractivity contribution is -0.0330. The molecule has 0 amide bonds. The van der Waals surface area contributed by atoms with E-state index in [1.54, 1.807) is 6.07 Å². The number of aliphatic hydroxyl groups excluding tert-OH is 2. The van der Waals surface area contributed by atoms with Crippen molar-refractivity contribution in [3.8, 4) is 0 Å². The summed E-state index contributed by atoms with van der Waals surface area (Å²) >= 11 is 5.36. The van der Waals surface area contributed by atoms with Gasteiger partial charge in [-0.1, -0.05) is 0 Å². The van der Waals surface area contributed by atoms with Crippen molar-refractivity contribution in [1.82, 2.24) is 29.1 Å². The molecule has 6 rings (SSSR count). The van der Waals surface area contributed by atoms with Gasteiger partial charge in [-0.05, 0) is 17.9 Å². The van der Waals surface area contributed by atoms with Crippen molar-refractivity contribution in [3.05, 3.63) is 41.3 Å². The molecule has 9 atom stereocenters. The van der Waals surface area contributed by atoms with Gasteiger partial charge in [-0.25, -0.2) is 23.7 Å². The number of aromatic nitrogens is 6. The predicted molar refractivity (Wildman–Crippen MR) is 148 cm³/mol. The second-order valence-corrected chi connectivity index (χ2v) is 13.6. The highest BCUT2D eigenvalue weighted by Crippen LogP contribution is 2.58. The Morgan fingerprint density at radius 1 is 1.14 bits per heavy atom. The van der Waals surface area contributed by atoms with Gasteiger partial charge >= 0.3 is 0 Å². The number of aliphatic hydroxyl groups is 2. The van der Waals surface area contributed by atoms with E-state index in [0.717, 1.165) is 0 Å². The number of nitrogens with two attached hydrogens (primary N) is 2. The van der Waals surface area contributed by atoms with E-state index < -0.39 is 67.4 Å². The second kappa shape index (κ2) is 10.9. The standard InChI is InChI=1S/C23H27F2N8O7PS/c24-14-12(6-34)40-23(33-8-30-16-10(33)5-13(26)31-21(16)36)18(14)41(37,42)38-4-2-11-17(35)15(25)22(39-11)32-3-1-9-19(27)28-7-29-20(9)32/h1,3,5,7-8,11-12,14-15,17-18,22-23,34-35H,2,4,6H2,(H,37,42)(H3,26,31,36)(H2,27,28,29)/t11-,12-,14-,15+,17-,18-,22-,23-,41?/m1/s1. The predicted octanol–water partition coefficient (Wildman–Crippen LogP) is 0.235. The Morgan fingerprint density at radius 2 is 1.90 bits per heavy atom. The lowest BCUT2D eigenvalue weighted by atomic mass is 10.1. The molecule has 2 aliphatic rings. The first-order chi connectivity index (χ1) is 20.0. The van der Waals surface area contributed by atoms with E-state index in [2.05, 4.69) is 19.9 Å². The van der Waals surface area contributed by atoms with Gasteiger partial charge in [0.15, 0.2) is 30.6 Å². The van der Waals surface area contributed by atoms with Crippen molar-refractivity contribution in [2.75, 3.05) is 24.7 Å². The van der Waals surface area contributed by atoms with Gasteiger partial charge in [0.25, 0.3) is 5.56 Å². The van der Waals surface area contributed by atoms with Gasteiger partial charge in [0.05, 0.1) is 36.5 Å². The number of alkyl halides is 2. The van der Waals surface area contributed by atoms with Crippen LogP contribution in [0.25, 0.3) is 22.1 Å². The number of fused-ring (bicyclic) bond motifs is 2. The first kappa shape index (κ1) is 29.0. The molecule has 0 aromatic carbocycles. The molecule has 226 valence electrons. The molecule has 6 heterocycles. The van der Waals surface area contributed by atoms with E-state index in [0.29, 0.717) is 11.0 Å². The average Bonchev–Trinajstić information content (AvgIpc) is 3.70. The van der Waals surface area contributed by atoms with E-state index in [9.17, 15) is 19.9 Å². The number of ether oxygens (including phenoxy) is 2. The van der Waals surface area contributed by atoms with Crippen LogP contribution in [0.4, 0.5) is 20.4 Å². The van der Waals surface area contributed by atoms with Gasteiger partial charge in [-0.3, -0.25) is 4.79 Å². The molecular weight excluding hydrogens is 601 g/mol. The maximum atomic E-state index is 15.5. The number of hydrogen-bond acceptors (Lipinski definition) is 12. The highest BCUT2D eigenvalue weighted by Gasteiger charge is 2.54. The van der Waals surface area contributed by atoms with Crippen LogP contribution >= 0.6 is 6.49 Å². The van der Waals surface area contributed by atoms with E-state index in [1.807, 2.05) is 0 Å². The Labute approximate surface area is 240 Å². The van der Waals surface area contributed by atoms with Crippen molar-refractivity contribution in [2.45, 2.75) is 55.2 Å². The molecule has 0 radical (unpaired) electrons. The summed E-state index contributed by atoms with van der Waals surface area (Å²) in [4.78, 5) is 38.0. The maximum Gasteiger partial charge on any atom is 0.277 e. The SMILES string of the molecule is Nc1cc2c(ncn2[C@@H]2O[C@H](CO)[C@@H](F)[C@H]2P(O)(=S)OCC[C@H]2O[C@@H](n3ccc4c(N)ncnc43)[C@@H](F)[C@@H]2O)c(=O)[nH]1. The first-order valence-electron chi connectivity index (χ1n) is 12.8. The number of hydrogen-bond donors (Lipinski definition) is 6. The van der Waals surface area contributed by atoms with Crippen LogP contribution in [0.5, 0.6) is 0 Å². The summed E-state index contributed by atoms with van der Waals surface area (Å²) in [5.74, 6) is 0.219.